The molecule has 1 aliphatic heterocycles. The molecule has 9 N–H and O–H groups in total. The molecule has 0 saturated carbocycles. The number of carbonyl (C=O) groups is 7. The molecule has 0 spiro atoms. The van der Waals surface area contributed by atoms with Crippen molar-refractivity contribution in [3.05, 3.63) is 126 Å². The van der Waals surface area contributed by atoms with Crippen molar-refractivity contribution in [1.82, 2.24) is 51.1 Å². The third kappa shape index (κ3) is 21.2. The van der Waals surface area contributed by atoms with Crippen LogP contribution in [0.15, 0.2) is 97.2 Å². The molecule has 0 saturated heterocycles. The lowest BCUT2D eigenvalue weighted by atomic mass is 10.0. The number of amides is 8. The quantitative estimate of drug-likeness (QED) is 0.0186. The Labute approximate surface area is 507 Å². The van der Waals surface area contributed by atoms with Gasteiger partial charge in [0.1, 0.15) is 42.6 Å². The number of nitrogens with zero attached hydrogens (tertiary/aromatic N) is 5. The summed E-state index contributed by atoms with van der Waals surface area (Å²) in [6, 6.07) is 20.0. The summed E-state index contributed by atoms with van der Waals surface area (Å²) in [6.07, 6.45) is 3.58. The lowest BCUT2D eigenvalue weighted by Gasteiger charge is -2.25. The van der Waals surface area contributed by atoms with Gasteiger partial charge in [0.2, 0.25) is 23.6 Å². The minimum atomic E-state index is -1.07. The smallest absolute Gasteiger partial charge is 0.407 e. The number of halogens is 1. The van der Waals surface area contributed by atoms with Gasteiger partial charge in [0.25, 0.3) is 11.8 Å². The number of aryl methyl sites for hydroxylation is 2. The van der Waals surface area contributed by atoms with E-state index in [9.17, 15) is 38.0 Å². The third-order valence-electron chi connectivity index (χ3n) is 13.3. The van der Waals surface area contributed by atoms with Gasteiger partial charge >= 0.3 is 12.1 Å². The van der Waals surface area contributed by atoms with Gasteiger partial charge in [-0.25, -0.2) is 28.9 Å². The lowest BCUT2D eigenvalue weighted by molar-refractivity contribution is -0.137. The minimum Gasteiger partial charge on any atom is -0.475 e. The zero-order valence-electron chi connectivity index (χ0n) is 49.5. The fraction of sp³-hybridized carbons (Fsp3) is 0.393. The highest BCUT2D eigenvalue weighted by Crippen LogP contribution is 2.32. The Morgan fingerprint density at radius 1 is 0.739 bits per heavy atom. The number of pyridine rings is 1. The van der Waals surface area contributed by atoms with Crippen LogP contribution in [0.5, 0.6) is 5.88 Å². The average Bonchev–Trinajstić information content (AvgIpc) is 1.96. The highest BCUT2D eigenvalue weighted by molar-refractivity contribution is 6.12. The number of nitrogens with one attached hydrogen (secondary N) is 7. The van der Waals surface area contributed by atoms with E-state index in [1.807, 2.05) is 56.3 Å². The van der Waals surface area contributed by atoms with Crippen LogP contribution in [-0.4, -0.2) is 163 Å². The molecule has 2 atom stereocenters. The monoisotopic (exact) mass is 1220 g/mol. The van der Waals surface area contributed by atoms with Crippen molar-refractivity contribution in [3.63, 3.8) is 0 Å². The Kier molecular flexibility index (Phi) is 25.6. The van der Waals surface area contributed by atoms with E-state index in [4.69, 9.17) is 44.1 Å². The third-order valence-corrected chi connectivity index (χ3v) is 13.3. The van der Waals surface area contributed by atoms with Crippen LogP contribution in [0.1, 0.15) is 55.8 Å². The van der Waals surface area contributed by atoms with Gasteiger partial charge < -0.3 is 71.0 Å². The Morgan fingerprint density at radius 2 is 1.45 bits per heavy atom. The van der Waals surface area contributed by atoms with Crippen LogP contribution in [0, 0.1) is 25.6 Å². The second-order valence-corrected chi connectivity index (χ2v) is 20.5. The summed E-state index contributed by atoms with van der Waals surface area (Å²) in [5.41, 5.74) is 12.1. The SMILES string of the molecule is Cc1ccc(NCc2nc(-c3cccc(C)n3)c(-c3ccc4ncc(OCCNC(=O)OCc5ccc(NC(=O)[C@H](CCCNC(N)=O)NC(=O)C(NC(=O)CCOCCOCCOCCOCCN6C(=O)C=CC6=O)C(C)C)cc5)nc4c3)[nH]2)c(F)c1. The van der Waals surface area contributed by atoms with E-state index in [0.717, 1.165) is 21.7 Å². The number of hydrogen-bond donors (Lipinski definition) is 8. The number of aromatic amines is 1. The molecule has 0 bridgehead atoms. The standard InChI is InChI=1S/C61H74FN13O13/c1-38(2)55(74-51(76)20-24-83-27-29-85-31-32-86-30-28-84-26-23-75-53(77)18-19-54(75)78)59(80)71-48(9-6-21-64-60(63)81)58(79)69-43-14-11-41(12-15-43)37-88-61(82)65-22-25-87-52-36-67-46-17-13-42(34-49(46)70-52)56-57(47-8-5-7-40(4)68-47)73-50(72-56)35-66-45-16-10-39(3)33-44(45)62/h5,7-8,10-19,33-34,36,38,48,55,66H,6,9,20-32,35,37H2,1-4H3,(H,65,82)(H,69,79)(H,71,80)(H,72,73)(H,74,76)(H3,63,64,81)/t48-,55?/m0/s1. The van der Waals surface area contributed by atoms with Crippen molar-refractivity contribution in [3.8, 4) is 28.5 Å². The summed E-state index contributed by atoms with van der Waals surface area (Å²) in [5, 5.41) is 16.5. The van der Waals surface area contributed by atoms with Crippen molar-refractivity contribution in [2.75, 3.05) is 89.7 Å². The number of benzene rings is 3. The number of ether oxygens (including phenoxy) is 6. The second-order valence-electron chi connectivity index (χ2n) is 20.5. The molecule has 26 nitrogen and oxygen atoms in total. The van der Waals surface area contributed by atoms with E-state index >= 15 is 0 Å². The fourth-order valence-electron chi connectivity index (χ4n) is 8.72. The predicted octanol–water partition coefficient (Wildman–Crippen LogP) is 5.15. The van der Waals surface area contributed by atoms with Gasteiger partial charge in [0.05, 0.1) is 107 Å². The molecule has 8 amide bonds. The van der Waals surface area contributed by atoms with E-state index < -0.39 is 41.9 Å². The number of hydrogen-bond acceptors (Lipinski definition) is 18. The molecule has 88 heavy (non-hydrogen) atoms. The molecule has 1 unspecified atom stereocenters. The summed E-state index contributed by atoms with van der Waals surface area (Å²) in [7, 11) is 0. The van der Waals surface area contributed by atoms with Crippen LogP contribution in [0.4, 0.5) is 25.4 Å². The Balaban J connectivity index is 0.808. The largest absolute Gasteiger partial charge is 0.475 e. The van der Waals surface area contributed by atoms with Gasteiger partial charge in [-0.2, -0.15) is 0 Å². The average molecular weight is 1220 g/mol. The number of H-pyrrole nitrogens is 1. The molecule has 4 heterocycles. The van der Waals surface area contributed by atoms with Crippen molar-refractivity contribution in [2.45, 2.75) is 72.2 Å². The fourth-order valence-corrected chi connectivity index (χ4v) is 8.72. The number of anilines is 2. The molecule has 1 aliphatic rings. The van der Waals surface area contributed by atoms with E-state index in [2.05, 4.69) is 46.9 Å². The zero-order chi connectivity index (χ0) is 62.8. The normalized spacial score (nSPS) is 12.7. The molecule has 7 rings (SSSR count). The number of aromatic nitrogens is 5. The van der Waals surface area contributed by atoms with Crippen LogP contribution >= 0.6 is 0 Å². The molecular weight excluding hydrogens is 1140 g/mol. The summed E-state index contributed by atoms with van der Waals surface area (Å²) < 4.78 is 47.8. The first-order valence-corrected chi connectivity index (χ1v) is 28.7. The van der Waals surface area contributed by atoms with Crippen molar-refractivity contribution in [1.29, 1.82) is 0 Å². The minimum absolute atomic E-state index is 0.0427. The van der Waals surface area contributed by atoms with Gasteiger partial charge in [-0.05, 0) is 92.3 Å². The summed E-state index contributed by atoms with van der Waals surface area (Å²) in [5.74, 6) is -2.23. The lowest BCUT2D eigenvalue weighted by Crippen LogP contribution is -2.54. The first-order chi connectivity index (χ1) is 42.5. The summed E-state index contributed by atoms with van der Waals surface area (Å²) in [4.78, 5) is 111. The molecule has 3 aromatic carbocycles. The number of urea groups is 1. The number of imidazole rings is 1. The van der Waals surface area contributed by atoms with Gasteiger partial charge in [-0.1, -0.05) is 44.2 Å². The van der Waals surface area contributed by atoms with E-state index in [0.29, 0.717) is 70.7 Å². The predicted molar refractivity (Wildman–Crippen MR) is 322 cm³/mol. The molecule has 0 aliphatic carbocycles. The molecule has 27 heteroatoms. The van der Waals surface area contributed by atoms with E-state index in [1.165, 1.54) is 24.4 Å². The van der Waals surface area contributed by atoms with Gasteiger partial charge in [-0.3, -0.25) is 33.9 Å². The molecule has 0 radical (unpaired) electrons. The molecule has 3 aromatic heterocycles. The number of rotatable bonds is 36. The highest BCUT2D eigenvalue weighted by atomic mass is 19.1. The molecule has 468 valence electrons. The first kappa shape index (κ1) is 66.1. The number of fused-ring (bicyclic) bond motifs is 1. The number of nitrogens with two attached hydrogens (primary N) is 1. The van der Waals surface area contributed by atoms with Gasteiger partial charge in [-0.15, -0.1) is 0 Å². The van der Waals surface area contributed by atoms with Crippen molar-refractivity contribution in [2.24, 2.45) is 11.7 Å². The van der Waals surface area contributed by atoms with Gasteiger partial charge in [0, 0.05) is 42.1 Å². The number of alkyl carbamates (subject to hydrolysis) is 1. The second kappa shape index (κ2) is 34.0. The molecular formula is C61H74FN13O13. The Bertz CT molecular complexity index is 3360. The van der Waals surface area contributed by atoms with Crippen LogP contribution in [-0.2, 0) is 60.8 Å². The number of imide groups is 1. The topological polar surface area (TPSA) is 344 Å². The maximum absolute atomic E-state index is 14.7. The summed E-state index contributed by atoms with van der Waals surface area (Å²) in [6.45, 7) is 9.72. The Hall–Kier alpha value is -9.44. The van der Waals surface area contributed by atoms with Gasteiger partial charge in [0.15, 0.2) is 0 Å². The Morgan fingerprint density at radius 3 is 2.15 bits per heavy atom. The number of carbonyl (C=O) groups excluding carboxylic acids is 7. The maximum Gasteiger partial charge on any atom is 0.407 e. The highest BCUT2D eigenvalue weighted by Gasteiger charge is 2.29. The van der Waals surface area contributed by atoms with Crippen LogP contribution in [0.3, 0.4) is 0 Å². The van der Waals surface area contributed by atoms with Crippen LogP contribution in [0.25, 0.3) is 33.7 Å². The van der Waals surface area contributed by atoms with Crippen LogP contribution in [0.2, 0.25) is 0 Å². The van der Waals surface area contributed by atoms with Crippen molar-refractivity contribution >= 4 is 64.1 Å². The summed E-state index contributed by atoms with van der Waals surface area (Å²) >= 11 is 0. The van der Waals surface area contributed by atoms with Crippen molar-refractivity contribution < 1.29 is 66.4 Å². The number of primary amides is 1. The van der Waals surface area contributed by atoms with Crippen LogP contribution < -0.4 is 42.4 Å². The van der Waals surface area contributed by atoms with E-state index in [-0.39, 0.29) is 121 Å². The van der Waals surface area contributed by atoms with E-state index in [1.54, 1.807) is 44.2 Å². The first-order valence-electron chi connectivity index (χ1n) is 28.7. The molecule has 0 fully saturated rings. The molecule has 6 aromatic rings. The zero-order valence-corrected chi connectivity index (χ0v) is 49.5. The maximum atomic E-state index is 14.7.